The fourth-order valence-electron chi connectivity index (χ4n) is 1.29. The zero-order valence-electron chi connectivity index (χ0n) is 8.80. The van der Waals surface area contributed by atoms with Crippen LogP contribution >= 0.6 is 0 Å². The summed E-state index contributed by atoms with van der Waals surface area (Å²) >= 11 is 0. The quantitative estimate of drug-likeness (QED) is 0.713. The fourth-order valence-corrected chi connectivity index (χ4v) is 1.29. The third kappa shape index (κ3) is 2.83. The summed E-state index contributed by atoms with van der Waals surface area (Å²) in [5.74, 6) is -1.58. The molecular weight excluding hydrogens is 214 g/mol. The van der Waals surface area contributed by atoms with Crippen LogP contribution in [0.2, 0.25) is 0 Å². The first-order valence-electron chi connectivity index (χ1n) is 4.68. The average molecular weight is 227 g/mol. The van der Waals surface area contributed by atoms with Crippen LogP contribution in [0, 0.1) is 0 Å². The summed E-state index contributed by atoms with van der Waals surface area (Å²) in [4.78, 5) is 21.6. The predicted octanol–water partition coefficient (Wildman–Crippen LogP) is 0.583. The molecule has 0 aliphatic carbocycles. The van der Waals surface area contributed by atoms with Crippen LogP contribution in [-0.4, -0.2) is 30.7 Å². The fraction of sp³-hybridized carbons (Fsp3) is 0.400. The summed E-state index contributed by atoms with van der Waals surface area (Å²) < 4.78 is 9.64. The molecule has 0 saturated carbocycles. The van der Waals surface area contributed by atoms with Crippen LogP contribution in [0.3, 0.4) is 0 Å². The number of carboxylic acid groups (broad SMARTS) is 1. The lowest BCUT2D eigenvalue weighted by atomic mass is 10.0. The zero-order valence-corrected chi connectivity index (χ0v) is 8.80. The molecule has 0 amide bonds. The van der Waals surface area contributed by atoms with Crippen molar-refractivity contribution in [2.75, 3.05) is 13.7 Å². The smallest absolute Gasteiger partial charge is 0.373 e. The van der Waals surface area contributed by atoms with E-state index in [1.807, 2.05) is 0 Å². The Balaban J connectivity index is 2.82. The van der Waals surface area contributed by atoms with E-state index in [0.717, 1.165) is 0 Å². The lowest BCUT2D eigenvalue weighted by Gasteiger charge is -2.08. The summed E-state index contributed by atoms with van der Waals surface area (Å²) in [6.45, 7) is 0.139. The molecule has 0 spiro atoms. The van der Waals surface area contributed by atoms with Gasteiger partial charge in [0.1, 0.15) is 5.76 Å². The molecule has 1 heterocycles. The van der Waals surface area contributed by atoms with Crippen molar-refractivity contribution >= 4 is 11.9 Å². The minimum atomic E-state index is -0.966. The Bertz CT molecular complexity index is 384. The first-order valence-corrected chi connectivity index (χ1v) is 4.68. The van der Waals surface area contributed by atoms with Crippen LogP contribution in [0.4, 0.5) is 0 Å². The molecule has 0 saturated heterocycles. The van der Waals surface area contributed by atoms with Gasteiger partial charge in [0.25, 0.3) is 0 Å². The molecule has 0 radical (unpaired) electrons. The highest BCUT2D eigenvalue weighted by Gasteiger charge is 2.19. The van der Waals surface area contributed by atoms with Crippen molar-refractivity contribution in [3.05, 3.63) is 23.7 Å². The Labute approximate surface area is 92.0 Å². The van der Waals surface area contributed by atoms with Crippen LogP contribution in [0.15, 0.2) is 16.5 Å². The van der Waals surface area contributed by atoms with Crippen molar-refractivity contribution in [2.24, 2.45) is 5.73 Å². The minimum absolute atomic E-state index is 0.0429. The number of aliphatic carboxylic acids is 1. The lowest BCUT2D eigenvalue weighted by Crippen LogP contribution is -2.15. The van der Waals surface area contributed by atoms with Crippen molar-refractivity contribution in [1.82, 2.24) is 0 Å². The van der Waals surface area contributed by atoms with Crippen LogP contribution in [-0.2, 0) is 9.53 Å². The molecule has 0 bridgehead atoms. The summed E-state index contributed by atoms with van der Waals surface area (Å²) in [5, 5.41) is 8.65. The number of carbonyl (C=O) groups excluding carboxylic acids is 1. The molecule has 1 aromatic rings. The largest absolute Gasteiger partial charge is 0.481 e. The van der Waals surface area contributed by atoms with E-state index in [1.54, 1.807) is 0 Å². The second-order valence-electron chi connectivity index (χ2n) is 3.22. The third-order valence-corrected chi connectivity index (χ3v) is 2.12. The van der Waals surface area contributed by atoms with Gasteiger partial charge in [-0.05, 0) is 12.1 Å². The molecule has 88 valence electrons. The molecule has 1 unspecified atom stereocenters. The molecular formula is C10H13NO5. The molecule has 1 atom stereocenters. The SMILES string of the molecule is COC(=O)c1ccc(C(CN)CC(=O)O)o1. The second kappa shape index (κ2) is 5.32. The molecule has 3 N–H and O–H groups in total. The van der Waals surface area contributed by atoms with Crippen molar-refractivity contribution < 1.29 is 23.8 Å². The number of methoxy groups -OCH3 is 1. The molecule has 1 aromatic heterocycles. The molecule has 0 aromatic carbocycles. The van der Waals surface area contributed by atoms with Crippen LogP contribution in [0.1, 0.15) is 28.7 Å². The number of carbonyl (C=O) groups is 2. The van der Waals surface area contributed by atoms with Crippen molar-refractivity contribution in [3.63, 3.8) is 0 Å². The van der Waals surface area contributed by atoms with Gasteiger partial charge < -0.3 is 20.0 Å². The van der Waals surface area contributed by atoms with Gasteiger partial charge in [-0.1, -0.05) is 0 Å². The van der Waals surface area contributed by atoms with Crippen LogP contribution in [0.5, 0.6) is 0 Å². The highest BCUT2D eigenvalue weighted by atomic mass is 16.5. The van der Waals surface area contributed by atoms with Crippen molar-refractivity contribution in [3.8, 4) is 0 Å². The minimum Gasteiger partial charge on any atom is -0.481 e. The Morgan fingerprint density at radius 2 is 2.25 bits per heavy atom. The number of hydrogen-bond acceptors (Lipinski definition) is 5. The molecule has 16 heavy (non-hydrogen) atoms. The van der Waals surface area contributed by atoms with Gasteiger partial charge in [-0.25, -0.2) is 4.79 Å². The molecule has 6 nitrogen and oxygen atoms in total. The Kier molecular flexibility index (Phi) is 4.07. The number of carboxylic acids is 1. The monoisotopic (exact) mass is 227 g/mol. The lowest BCUT2D eigenvalue weighted by molar-refractivity contribution is -0.137. The number of ether oxygens (including phenoxy) is 1. The topological polar surface area (TPSA) is 103 Å². The summed E-state index contributed by atoms with van der Waals surface area (Å²) in [6.07, 6.45) is -0.134. The standard InChI is InChI=1S/C10H13NO5/c1-15-10(14)8-3-2-7(16-8)6(5-11)4-9(12)13/h2-3,6H,4-5,11H2,1H3,(H,12,13). The summed E-state index contributed by atoms with van der Waals surface area (Å²) in [6, 6.07) is 2.97. The van der Waals surface area contributed by atoms with Gasteiger partial charge in [0, 0.05) is 12.5 Å². The number of hydrogen-bond donors (Lipinski definition) is 2. The van der Waals surface area contributed by atoms with E-state index in [4.69, 9.17) is 15.3 Å². The molecule has 0 aliphatic rings. The van der Waals surface area contributed by atoms with Crippen molar-refractivity contribution in [1.29, 1.82) is 0 Å². The van der Waals surface area contributed by atoms with Gasteiger partial charge in [0.05, 0.1) is 13.5 Å². The highest BCUT2D eigenvalue weighted by Crippen LogP contribution is 2.21. The van der Waals surface area contributed by atoms with E-state index in [1.165, 1.54) is 19.2 Å². The van der Waals surface area contributed by atoms with E-state index < -0.39 is 17.9 Å². The van der Waals surface area contributed by atoms with Gasteiger partial charge in [0.2, 0.25) is 5.76 Å². The van der Waals surface area contributed by atoms with E-state index in [-0.39, 0.29) is 18.7 Å². The second-order valence-corrected chi connectivity index (χ2v) is 3.22. The first kappa shape index (κ1) is 12.3. The van der Waals surface area contributed by atoms with Crippen LogP contribution < -0.4 is 5.73 Å². The number of nitrogens with two attached hydrogens (primary N) is 1. The third-order valence-electron chi connectivity index (χ3n) is 2.12. The summed E-state index contributed by atoms with van der Waals surface area (Å²) in [5.41, 5.74) is 5.43. The zero-order chi connectivity index (χ0) is 12.1. The number of rotatable bonds is 5. The van der Waals surface area contributed by atoms with Crippen LogP contribution in [0.25, 0.3) is 0 Å². The average Bonchev–Trinajstić information content (AvgIpc) is 2.73. The van der Waals surface area contributed by atoms with E-state index in [9.17, 15) is 9.59 Å². The normalized spacial score (nSPS) is 12.1. The van der Waals surface area contributed by atoms with Gasteiger partial charge in [0.15, 0.2) is 0 Å². The molecule has 6 heteroatoms. The molecule has 1 rings (SSSR count). The van der Waals surface area contributed by atoms with Gasteiger partial charge in [-0.3, -0.25) is 4.79 Å². The Hall–Kier alpha value is -1.82. The Morgan fingerprint density at radius 1 is 1.56 bits per heavy atom. The van der Waals surface area contributed by atoms with Gasteiger partial charge in [-0.2, -0.15) is 0 Å². The maximum Gasteiger partial charge on any atom is 0.373 e. The van der Waals surface area contributed by atoms with Crippen molar-refractivity contribution in [2.45, 2.75) is 12.3 Å². The van der Waals surface area contributed by atoms with E-state index in [0.29, 0.717) is 5.76 Å². The maximum atomic E-state index is 11.1. The predicted molar refractivity (Wildman–Crippen MR) is 54.1 cm³/mol. The Morgan fingerprint density at radius 3 is 2.75 bits per heavy atom. The maximum absolute atomic E-state index is 11.1. The highest BCUT2D eigenvalue weighted by molar-refractivity contribution is 5.86. The summed E-state index contributed by atoms with van der Waals surface area (Å²) in [7, 11) is 1.24. The van der Waals surface area contributed by atoms with Gasteiger partial charge in [-0.15, -0.1) is 0 Å². The van der Waals surface area contributed by atoms with E-state index >= 15 is 0 Å². The number of esters is 1. The molecule has 0 fully saturated rings. The van der Waals surface area contributed by atoms with E-state index in [2.05, 4.69) is 4.74 Å². The van der Waals surface area contributed by atoms with Gasteiger partial charge >= 0.3 is 11.9 Å². The first-order chi connectivity index (χ1) is 7.58. The molecule has 0 aliphatic heterocycles. The number of furan rings is 1.